The minimum Gasteiger partial charge on any atom is -0.488 e. The van der Waals surface area contributed by atoms with Gasteiger partial charge in [-0.2, -0.15) is 0 Å². The van der Waals surface area contributed by atoms with Crippen LogP contribution in [0.25, 0.3) is 0 Å². The molecule has 10 nitrogen and oxygen atoms in total. The van der Waals surface area contributed by atoms with E-state index >= 15 is 0 Å². The SMILES string of the molecule is C[C@H]1CN([C@@H](C)CO)C(=O)Cc2cc(N(C)C)ccc2O[C@H]1CN(C)C(=O)Nc1ccc2c(c1)OCO2. The lowest BCUT2D eigenvalue weighted by molar-refractivity contribution is -0.134. The molecule has 0 aliphatic carbocycles. The minimum absolute atomic E-state index is 0.0660. The molecule has 0 unspecified atom stereocenters. The summed E-state index contributed by atoms with van der Waals surface area (Å²) < 4.78 is 17.2. The first-order chi connectivity index (χ1) is 17.7. The molecule has 37 heavy (non-hydrogen) atoms. The monoisotopic (exact) mass is 512 g/mol. The van der Waals surface area contributed by atoms with Gasteiger partial charge in [-0.15, -0.1) is 0 Å². The summed E-state index contributed by atoms with van der Waals surface area (Å²) in [6, 6.07) is 10.4. The van der Waals surface area contributed by atoms with E-state index in [4.69, 9.17) is 14.2 Å². The average molecular weight is 513 g/mol. The van der Waals surface area contributed by atoms with Crippen molar-refractivity contribution in [2.75, 3.05) is 57.8 Å². The number of anilines is 2. The number of fused-ring (bicyclic) bond motifs is 2. The standard InChI is InChI=1S/C27H36N4O6/c1-17-13-31(18(2)15-32)26(33)11-19-10-21(29(3)4)7-9-22(19)37-25(17)14-30(5)27(34)28-20-6-8-23-24(12-20)36-16-35-23/h6-10,12,17-18,25,32H,11,13-16H2,1-5H3,(H,28,34)/t17-,18-,25-/m0/s1. The molecule has 0 saturated carbocycles. The quantitative estimate of drug-likeness (QED) is 0.614. The van der Waals surface area contributed by atoms with Crippen LogP contribution >= 0.6 is 0 Å². The summed E-state index contributed by atoms with van der Waals surface area (Å²) in [5, 5.41) is 12.7. The molecule has 3 atom stereocenters. The predicted molar refractivity (Wildman–Crippen MR) is 141 cm³/mol. The average Bonchev–Trinajstić information content (AvgIpc) is 3.35. The van der Waals surface area contributed by atoms with E-state index in [0.717, 1.165) is 11.3 Å². The van der Waals surface area contributed by atoms with E-state index in [9.17, 15) is 14.7 Å². The van der Waals surface area contributed by atoms with Crippen LogP contribution in [0.15, 0.2) is 36.4 Å². The molecule has 3 amide bonds. The fourth-order valence-corrected chi connectivity index (χ4v) is 4.46. The van der Waals surface area contributed by atoms with Crippen molar-refractivity contribution in [1.29, 1.82) is 0 Å². The first-order valence-corrected chi connectivity index (χ1v) is 12.4. The topological polar surface area (TPSA) is 104 Å². The van der Waals surface area contributed by atoms with Gasteiger partial charge in [-0.3, -0.25) is 4.79 Å². The molecule has 0 saturated heterocycles. The lowest BCUT2D eigenvalue weighted by Crippen LogP contribution is -2.48. The highest BCUT2D eigenvalue weighted by atomic mass is 16.7. The summed E-state index contributed by atoms with van der Waals surface area (Å²) in [4.78, 5) is 31.6. The van der Waals surface area contributed by atoms with Gasteiger partial charge >= 0.3 is 6.03 Å². The van der Waals surface area contributed by atoms with Crippen LogP contribution in [0.2, 0.25) is 0 Å². The normalized spacial score (nSPS) is 19.6. The van der Waals surface area contributed by atoms with E-state index in [1.165, 1.54) is 0 Å². The number of likely N-dealkylation sites (N-methyl/N-ethyl adjacent to an activating group) is 1. The smallest absolute Gasteiger partial charge is 0.321 e. The van der Waals surface area contributed by atoms with E-state index in [2.05, 4.69) is 5.32 Å². The van der Waals surface area contributed by atoms with Crippen molar-refractivity contribution in [1.82, 2.24) is 9.80 Å². The summed E-state index contributed by atoms with van der Waals surface area (Å²) in [6.07, 6.45) is -0.225. The molecular formula is C27H36N4O6. The molecule has 0 radical (unpaired) electrons. The van der Waals surface area contributed by atoms with E-state index in [-0.39, 0.29) is 43.7 Å². The molecule has 2 aromatic carbocycles. The first kappa shape index (κ1) is 26.4. The highest BCUT2D eigenvalue weighted by Gasteiger charge is 2.32. The van der Waals surface area contributed by atoms with Gasteiger partial charge < -0.3 is 39.3 Å². The van der Waals surface area contributed by atoms with Gasteiger partial charge in [-0.05, 0) is 37.3 Å². The van der Waals surface area contributed by atoms with Crippen LogP contribution in [-0.4, -0.2) is 86.6 Å². The Balaban J connectivity index is 1.55. The molecule has 2 aromatic rings. The zero-order chi connectivity index (χ0) is 26.7. The zero-order valence-electron chi connectivity index (χ0n) is 22.1. The van der Waals surface area contributed by atoms with Gasteiger partial charge in [0, 0.05) is 56.6 Å². The van der Waals surface area contributed by atoms with Gasteiger partial charge in [-0.25, -0.2) is 4.79 Å². The molecule has 200 valence electrons. The highest BCUT2D eigenvalue weighted by molar-refractivity contribution is 5.89. The lowest BCUT2D eigenvalue weighted by Gasteiger charge is -2.34. The summed E-state index contributed by atoms with van der Waals surface area (Å²) >= 11 is 0. The summed E-state index contributed by atoms with van der Waals surface area (Å²) in [5.41, 5.74) is 2.33. The lowest BCUT2D eigenvalue weighted by atomic mass is 10.0. The number of benzene rings is 2. The molecule has 0 spiro atoms. The maximum absolute atomic E-state index is 13.3. The number of amides is 3. The van der Waals surface area contributed by atoms with Crippen molar-refractivity contribution in [3.63, 3.8) is 0 Å². The van der Waals surface area contributed by atoms with E-state index in [0.29, 0.717) is 36.0 Å². The number of aliphatic hydroxyl groups is 1. The summed E-state index contributed by atoms with van der Waals surface area (Å²) in [7, 11) is 5.59. The minimum atomic E-state index is -0.393. The molecule has 0 fully saturated rings. The Bertz CT molecular complexity index is 1140. The highest BCUT2D eigenvalue weighted by Crippen LogP contribution is 2.34. The number of urea groups is 1. The second-order valence-electron chi connectivity index (χ2n) is 9.95. The Morgan fingerprint density at radius 2 is 1.86 bits per heavy atom. The van der Waals surface area contributed by atoms with Crippen molar-refractivity contribution in [2.45, 2.75) is 32.4 Å². The number of ether oxygens (including phenoxy) is 3. The number of aliphatic hydroxyl groups excluding tert-OH is 1. The van der Waals surface area contributed by atoms with Crippen molar-refractivity contribution < 1.29 is 28.9 Å². The number of nitrogens with zero attached hydrogens (tertiary/aromatic N) is 3. The largest absolute Gasteiger partial charge is 0.488 e. The number of hydrogen-bond donors (Lipinski definition) is 2. The van der Waals surface area contributed by atoms with Gasteiger partial charge in [0.05, 0.1) is 25.6 Å². The third-order valence-corrected chi connectivity index (χ3v) is 6.84. The molecule has 2 N–H and O–H groups in total. The predicted octanol–water partition coefficient (Wildman–Crippen LogP) is 2.79. The van der Waals surface area contributed by atoms with Crippen LogP contribution in [0.3, 0.4) is 0 Å². The maximum atomic E-state index is 13.3. The van der Waals surface area contributed by atoms with E-state index in [1.807, 2.05) is 51.0 Å². The van der Waals surface area contributed by atoms with Crippen molar-refractivity contribution >= 4 is 23.3 Å². The van der Waals surface area contributed by atoms with Gasteiger partial charge in [-0.1, -0.05) is 6.92 Å². The molecule has 0 bridgehead atoms. The molecule has 0 aromatic heterocycles. The fraction of sp³-hybridized carbons (Fsp3) is 0.481. The molecule has 2 aliphatic rings. The van der Waals surface area contributed by atoms with E-state index in [1.54, 1.807) is 35.0 Å². The Kier molecular flexibility index (Phi) is 7.97. The third-order valence-electron chi connectivity index (χ3n) is 6.84. The number of carbonyl (C=O) groups is 2. The number of carbonyl (C=O) groups excluding carboxylic acids is 2. The van der Waals surface area contributed by atoms with Gasteiger partial charge in [0.25, 0.3) is 0 Å². The second-order valence-corrected chi connectivity index (χ2v) is 9.95. The van der Waals surface area contributed by atoms with Crippen LogP contribution in [0.5, 0.6) is 17.2 Å². The molecule has 10 heteroatoms. The Morgan fingerprint density at radius 3 is 2.59 bits per heavy atom. The van der Waals surface area contributed by atoms with Crippen LogP contribution in [0, 0.1) is 5.92 Å². The number of hydrogen-bond acceptors (Lipinski definition) is 7. The van der Waals surface area contributed by atoms with Crippen LogP contribution in [-0.2, 0) is 11.2 Å². The van der Waals surface area contributed by atoms with Crippen molar-refractivity contribution in [3.05, 3.63) is 42.0 Å². The molecule has 2 aliphatic heterocycles. The summed E-state index contributed by atoms with van der Waals surface area (Å²) in [6.45, 7) is 4.56. The molecular weight excluding hydrogens is 476 g/mol. The Morgan fingerprint density at radius 1 is 1.14 bits per heavy atom. The number of rotatable bonds is 6. The van der Waals surface area contributed by atoms with Crippen molar-refractivity contribution in [2.24, 2.45) is 5.92 Å². The van der Waals surface area contributed by atoms with E-state index < -0.39 is 6.10 Å². The zero-order valence-corrected chi connectivity index (χ0v) is 22.1. The fourth-order valence-electron chi connectivity index (χ4n) is 4.46. The van der Waals surface area contributed by atoms with Crippen LogP contribution < -0.4 is 24.4 Å². The van der Waals surface area contributed by atoms with Crippen LogP contribution in [0.4, 0.5) is 16.2 Å². The van der Waals surface area contributed by atoms with Gasteiger partial charge in [0.15, 0.2) is 11.5 Å². The molecule has 4 rings (SSSR count). The van der Waals surface area contributed by atoms with Crippen molar-refractivity contribution in [3.8, 4) is 17.2 Å². The van der Waals surface area contributed by atoms with Crippen LogP contribution in [0.1, 0.15) is 19.4 Å². The molecule has 2 heterocycles. The first-order valence-electron chi connectivity index (χ1n) is 12.4. The third kappa shape index (κ3) is 6.02. The Hall–Kier alpha value is -3.66. The van der Waals surface area contributed by atoms with Gasteiger partial charge in [0.1, 0.15) is 11.9 Å². The summed E-state index contributed by atoms with van der Waals surface area (Å²) in [5.74, 6) is 1.68. The maximum Gasteiger partial charge on any atom is 0.321 e. The number of nitrogens with one attached hydrogen (secondary N) is 1. The van der Waals surface area contributed by atoms with Gasteiger partial charge in [0.2, 0.25) is 12.7 Å². The Labute approximate surface area is 217 Å². The second kappa shape index (κ2) is 11.2.